The van der Waals surface area contributed by atoms with Crippen LogP contribution in [0.25, 0.3) is 104 Å². The van der Waals surface area contributed by atoms with Gasteiger partial charge in [-0.15, -0.1) is 11.3 Å². The van der Waals surface area contributed by atoms with Gasteiger partial charge in [-0.05, 0) is 84.6 Å². The lowest BCUT2D eigenvalue weighted by molar-refractivity contribution is 0.571. The summed E-state index contributed by atoms with van der Waals surface area (Å²) in [5, 5.41) is 6.98. The van der Waals surface area contributed by atoms with Gasteiger partial charge in [0.2, 0.25) is 0 Å². The summed E-state index contributed by atoms with van der Waals surface area (Å²) in [5.74, 6) is 1.97. The first kappa shape index (κ1) is 32.1. The Hall–Kier alpha value is -7.15. The lowest BCUT2D eigenvalue weighted by atomic mass is 9.99. The lowest BCUT2D eigenvalue weighted by Crippen LogP contribution is -2.28. The Morgan fingerprint density at radius 3 is 2.00 bits per heavy atom. The summed E-state index contributed by atoms with van der Waals surface area (Å²) in [6.45, 7) is 0. The fraction of sp³-hybridized carbons (Fsp3) is 0.0392. The first-order valence-corrected chi connectivity index (χ1v) is 20.1. The average Bonchev–Trinajstić information content (AvgIpc) is 3.96. The van der Waals surface area contributed by atoms with E-state index in [1.165, 1.54) is 36.5 Å². The van der Waals surface area contributed by atoms with E-state index in [4.69, 9.17) is 19.4 Å². The third-order valence-corrected chi connectivity index (χ3v) is 12.5. The quantitative estimate of drug-likeness (QED) is 0.176. The summed E-state index contributed by atoms with van der Waals surface area (Å²) in [6.07, 6.45) is 3.82. The van der Waals surface area contributed by atoms with Crippen molar-refractivity contribution in [3.05, 3.63) is 180 Å². The zero-order valence-electron chi connectivity index (χ0n) is 30.7. The van der Waals surface area contributed by atoms with Crippen molar-refractivity contribution in [1.29, 1.82) is 0 Å². The largest absolute Gasteiger partial charge is 0.456 e. The van der Waals surface area contributed by atoms with Gasteiger partial charge in [-0.1, -0.05) is 109 Å². The van der Waals surface area contributed by atoms with Crippen LogP contribution < -0.4 is 10.6 Å². The third kappa shape index (κ3) is 5.11. The van der Waals surface area contributed by atoms with Crippen LogP contribution in [-0.4, -0.2) is 19.5 Å². The predicted molar refractivity (Wildman–Crippen MR) is 235 cm³/mol. The number of benzene rings is 7. The van der Waals surface area contributed by atoms with E-state index in [0.717, 1.165) is 73.4 Å². The SMILES string of the molecule is C1=c2oc3ccc4c5ccccc5n(-c5ccccc5)c4c3c2=C(c2nc(-c3ccc(-c4ccccc4)cc3)nc(-c3ccc4sc5ccccc5c4c3)n2)CC1. The highest BCUT2D eigenvalue weighted by Gasteiger charge is 2.23. The van der Waals surface area contributed by atoms with Crippen molar-refractivity contribution in [2.24, 2.45) is 0 Å². The van der Waals surface area contributed by atoms with E-state index in [1.807, 2.05) is 17.4 Å². The Morgan fingerprint density at radius 1 is 0.509 bits per heavy atom. The van der Waals surface area contributed by atoms with E-state index in [2.05, 4.69) is 168 Å². The summed E-state index contributed by atoms with van der Waals surface area (Å²) in [6, 6.07) is 57.8. The van der Waals surface area contributed by atoms with Crippen molar-refractivity contribution < 1.29 is 4.42 Å². The van der Waals surface area contributed by atoms with Crippen molar-refractivity contribution >= 4 is 75.9 Å². The van der Waals surface area contributed by atoms with E-state index in [9.17, 15) is 0 Å². The molecule has 0 bridgehead atoms. The molecule has 0 unspecified atom stereocenters. The fourth-order valence-electron chi connectivity index (χ4n) is 8.72. The molecular weight excluding hydrogens is 717 g/mol. The third-order valence-electron chi connectivity index (χ3n) is 11.3. The number of para-hydroxylation sites is 2. The minimum absolute atomic E-state index is 0.643. The van der Waals surface area contributed by atoms with Crippen LogP contribution in [0, 0.1) is 0 Å². The Kier molecular flexibility index (Phi) is 7.16. The van der Waals surface area contributed by atoms with Crippen LogP contribution >= 0.6 is 11.3 Å². The van der Waals surface area contributed by atoms with Crippen LogP contribution in [0.4, 0.5) is 0 Å². The Labute approximate surface area is 331 Å². The number of hydrogen-bond acceptors (Lipinski definition) is 5. The Balaban J connectivity index is 1.15. The molecule has 11 aromatic rings. The summed E-state index contributed by atoms with van der Waals surface area (Å²) in [4.78, 5) is 15.9. The number of furan rings is 1. The van der Waals surface area contributed by atoms with Crippen LogP contribution in [0.1, 0.15) is 18.7 Å². The molecule has 1 aliphatic rings. The maximum atomic E-state index is 6.74. The van der Waals surface area contributed by atoms with Gasteiger partial charge >= 0.3 is 0 Å². The second kappa shape index (κ2) is 12.7. The monoisotopic (exact) mass is 748 g/mol. The van der Waals surface area contributed by atoms with E-state index >= 15 is 0 Å². The smallest absolute Gasteiger partial charge is 0.164 e. The average molecular weight is 749 g/mol. The molecule has 57 heavy (non-hydrogen) atoms. The van der Waals surface area contributed by atoms with Gasteiger partial charge in [0, 0.05) is 58.6 Å². The summed E-state index contributed by atoms with van der Waals surface area (Å²) < 4.78 is 11.6. The van der Waals surface area contributed by atoms with Crippen molar-refractivity contribution in [2.75, 3.05) is 0 Å². The highest BCUT2D eigenvalue weighted by atomic mass is 32.1. The number of nitrogens with zero attached hydrogens (tertiary/aromatic N) is 4. The first-order chi connectivity index (χ1) is 28.2. The van der Waals surface area contributed by atoms with E-state index in [0.29, 0.717) is 17.5 Å². The molecule has 4 aromatic heterocycles. The molecule has 0 aliphatic heterocycles. The standard InChI is InChI=1S/C51H32N4OS/c1-3-12-31(13-4-1)32-22-24-33(25-23-32)49-52-50(34-26-29-45-40(30-34)37-17-8-10-21-44(37)57-45)54-51(53-49)39-18-11-20-42-46(39)47-43(56-42)28-27-38-36-16-7-9-19-41(36)55(48(38)47)35-14-5-2-6-15-35/h1-10,12-17,19-30H,11,18H2. The van der Waals surface area contributed by atoms with E-state index in [1.54, 1.807) is 0 Å². The van der Waals surface area contributed by atoms with Crippen molar-refractivity contribution in [3.63, 3.8) is 0 Å². The Morgan fingerprint density at radius 2 is 1.16 bits per heavy atom. The van der Waals surface area contributed by atoms with Gasteiger partial charge in [0.25, 0.3) is 0 Å². The normalized spacial score (nSPS) is 12.9. The molecule has 5 nitrogen and oxygen atoms in total. The van der Waals surface area contributed by atoms with Gasteiger partial charge < -0.3 is 8.98 Å². The van der Waals surface area contributed by atoms with Gasteiger partial charge in [-0.25, -0.2) is 15.0 Å². The molecular formula is C51H32N4OS. The molecule has 0 N–H and O–H groups in total. The van der Waals surface area contributed by atoms with Crippen LogP contribution in [0.3, 0.4) is 0 Å². The predicted octanol–water partition coefficient (Wildman–Crippen LogP) is 11.9. The number of rotatable bonds is 5. The summed E-state index contributed by atoms with van der Waals surface area (Å²) >= 11 is 1.81. The van der Waals surface area contributed by atoms with Crippen molar-refractivity contribution in [2.45, 2.75) is 12.8 Å². The Bertz CT molecular complexity index is 3510. The molecule has 0 atom stereocenters. The first-order valence-electron chi connectivity index (χ1n) is 19.3. The van der Waals surface area contributed by atoms with Crippen LogP contribution in [0.5, 0.6) is 0 Å². The molecule has 0 spiro atoms. The zero-order valence-corrected chi connectivity index (χ0v) is 31.5. The number of thiophene rings is 1. The number of fused-ring (bicyclic) bond motifs is 10. The van der Waals surface area contributed by atoms with Crippen LogP contribution in [0.15, 0.2) is 168 Å². The molecule has 1 aliphatic carbocycles. The van der Waals surface area contributed by atoms with Gasteiger partial charge in [-0.3, -0.25) is 0 Å². The fourth-order valence-corrected chi connectivity index (χ4v) is 9.81. The number of aromatic nitrogens is 4. The molecule has 268 valence electrons. The molecule has 0 fully saturated rings. The van der Waals surface area contributed by atoms with Crippen molar-refractivity contribution in [1.82, 2.24) is 19.5 Å². The lowest BCUT2D eigenvalue weighted by Gasteiger charge is -2.13. The highest BCUT2D eigenvalue weighted by molar-refractivity contribution is 7.25. The second-order valence-corrected chi connectivity index (χ2v) is 15.7. The molecule has 4 heterocycles. The topological polar surface area (TPSA) is 56.7 Å². The molecule has 12 rings (SSSR count). The molecule has 7 aromatic carbocycles. The maximum Gasteiger partial charge on any atom is 0.164 e. The molecule has 6 heteroatoms. The molecule has 0 amide bonds. The van der Waals surface area contributed by atoms with Crippen LogP contribution in [0.2, 0.25) is 0 Å². The summed E-state index contributed by atoms with van der Waals surface area (Å²) in [5.41, 5.74) is 10.4. The van der Waals surface area contributed by atoms with Gasteiger partial charge in [0.1, 0.15) is 11.0 Å². The second-order valence-electron chi connectivity index (χ2n) is 14.6. The van der Waals surface area contributed by atoms with Gasteiger partial charge in [-0.2, -0.15) is 0 Å². The van der Waals surface area contributed by atoms with Gasteiger partial charge in [0.15, 0.2) is 17.5 Å². The van der Waals surface area contributed by atoms with Crippen LogP contribution in [-0.2, 0) is 0 Å². The minimum atomic E-state index is 0.643. The van der Waals surface area contributed by atoms with E-state index in [-0.39, 0.29) is 0 Å². The molecule has 0 saturated carbocycles. The summed E-state index contributed by atoms with van der Waals surface area (Å²) in [7, 11) is 0. The molecule has 0 saturated heterocycles. The van der Waals surface area contributed by atoms with E-state index < -0.39 is 0 Å². The zero-order chi connectivity index (χ0) is 37.5. The minimum Gasteiger partial charge on any atom is -0.456 e. The molecule has 0 radical (unpaired) electrons. The van der Waals surface area contributed by atoms with Gasteiger partial charge in [0.05, 0.1) is 16.4 Å². The number of hydrogen-bond donors (Lipinski definition) is 0. The highest BCUT2D eigenvalue weighted by Crippen LogP contribution is 2.38. The van der Waals surface area contributed by atoms with Crippen molar-refractivity contribution in [3.8, 4) is 39.6 Å². The maximum absolute atomic E-state index is 6.74.